The van der Waals surface area contributed by atoms with Gasteiger partial charge in [0.2, 0.25) is 0 Å². The molecule has 0 aliphatic heterocycles. The third-order valence-corrected chi connectivity index (χ3v) is 4.07. The molecule has 0 amide bonds. The van der Waals surface area contributed by atoms with E-state index in [1.807, 2.05) is 13.8 Å². The lowest BCUT2D eigenvalue weighted by Crippen LogP contribution is -2.35. The number of rotatable bonds is 7. The van der Waals surface area contributed by atoms with Crippen molar-refractivity contribution in [2.24, 2.45) is 5.92 Å². The molecule has 0 N–H and O–H groups in total. The van der Waals surface area contributed by atoms with Gasteiger partial charge in [-0.25, -0.2) is 9.67 Å². The summed E-state index contributed by atoms with van der Waals surface area (Å²) in [6.07, 6.45) is 7.51. The Hall–Kier alpha value is -1.23. The van der Waals surface area contributed by atoms with Gasteiger partial charge >= 0.3 is 0 Å². The van der Waals surface area contributed by atoms with Gasteiger partial charge in [0, 0.05) is 13.2 Å². The number of aromatic nitrogens is 3. The summed E-state index contributed by atoms with van der Waals surface area (Å²) in [6.45, 7) is 5.29. The molecule has 1 aromatic rings. The van der Waals surface area contributed by atoms with Crippen LogP contribution in [0, 0.1) is 5.92 Å². The van der Waals surface area contributed by atoms with Crippen LogP contribution < -0.4 is 0 Å². The highest BCUT2D eigenvalue weighted by Gasteiger charge is 2.30. The van der Waals surface area contributed by atoms with E-state index in [0.717, 1.165) is 25.2 Å². The molecule has 20 heavy (non-hydrogen) atoms. The minimum atomic E-state index is -0.262. The molecule has 0 spiro atoms. The fraction of sp³-hybridized carbons (Fsp3) is 0.800. The molecule has 112 valence electrons. The van der Waals surface area contributed by atoms with Crippen molar-refractivity contribution in [1.29, 1.82) is 0 Å². The monoisotopic (exact) mass is 279 g/mol. The van der Waals surface area contributed by atoms with Crippen molar-refractivity contribution in [1.82, 2.24) is 14.8 Å². The van der Waals surface area contributed by atoms with E-state index in [4.69, 9.17) is 4.74 Å². The average Bonchev–Trinajstić information content (AvgIpc) is 2.92. The van der Waals surface area contributed by atoms with E-state index < -0.39 is 0 Å². The molecule has 2 rings (SSSR count). The summed E-state index contributed by atoms with van der Waals surface area (Å²) in [7, 11) is 0. The maximum Gasteiger partial charge on any atom is 0.169 e. The van der Waals surface area contributed by atoms with Crippen LogP contribution in [0.3, 0.4) is 0 Å². The first-order valence-electron chi connectivity index (χ1n) is 7.77. The normalized spacial score (nSPS) is 18.1. The first kappa shape index (κ1) is 15.2. The highest BCUT2D eigenvalue weighted by Crippen LogP contribution is 2.29. The molecule has 1 aromatic heterocycles. The van der Waals surface area contributed by atoms with Gasteiger partial charge in [-0.05, 0) is 32.6 Å². The molecule has 0 radical (unpaired) electrons. The first-order chi connectivity index (χ1) is 9.76. The van der Waals surface area contributed by atoms with Crippen LogP contribution in [-0.2, 0) is 22.5 Å². The number of ketones is 1. The van der Waals surface area contributed by atoms with Gasteiger partial charge in [0.15, 0.2) is 5.78 Å². The second kappa shape index (κ2) is 7.53. The molecule has 1 atom stereocenters. The van der Waals surface area contributed by atoms with E-state index in [0.29, 0.717) is 18.9 Å². The van der Waals surface area contributed by atoms with Gasteiger partial charge in [-0.15, -0.1) is 0 Å². The summed E-state index contributed by atoms with van der Waals surface area (Å²) in [5.74, 6) is 1.29. The quantitative estimate of drug-likeness (QED) is 0.769. The lowest BCUT2D eigenvalue weighted by Gasteiger charge is -2.29. The van der Waals surface area contributed by atoms with Gasteiger partial charge < -0.3 is 4.74 Å². The Labute approximate surface area is 120 Å². The molecule has 1 aliphatic rings. The summed E-state index contributed by atoms with van der Waals surface area (Å²) in [5, 5.41) is 4.12. The second-order valence-electron chi connectivity index (χ2n) is 5.41. The van der Waals surface area contributed by atoms with Crippen molar-refractivity contribution in [3.63, 3.8) is 0 Å². The summed E-state index contributed by atoms with van der Waals surface area (Å²) in [5.41, 5.74) is 0. The Kier molecular flexibility index (Phi) is 5.71. The molecule has 0 bridgehead atoms. The van der Waals surface area contributed by atoms with Crippen LogP contribution in [0.2, 0.25) is 0 Å². The number of Topliss-reactive ketones (excluding diaryl/α,β-unsaturated/α-hetero) is 1. The van der Waals surface area contributed by atoms with Crippen LogP contribution >= 0.6 is 0 Å². The second-order valence-corrected chi connectivity index (χ2v) is 5.41. The SMILES string of the molecule is CCOC(C(=O)Cc1ncnn1CC)C1CCCCC1. The zero-order valence-corrected chi connectivity index (χ0v) is 12.5. The highest BCUT2D eigenvalue weighted by atomic mass is 16.5. The van der Waals surface area contributed by atoms with Gasteiger partial charge in [-0.1, -0.05) is 19.3 Å². The van der Waals surface area contributed by atoms with Gasteiger partial charge in [0.25, 0.3) is 0 Å². The van der Waals surface area contributed by atoms with E-state index in [9.17, 15) is 4.79 Å². The van der Waals surface area contributed by atoms with Gasteiger partial charge in [0.1, 0.15) is 18.3 Å². The molecule has 1 saturated carbocycles. The van der Waals surface area contributed by atoms with Crippen LogP contribution in [0.25, 0.3) is 0 Å². The maximum absolute atomic E-state index is 12.6. The van der Waals surface area contributed by atoms with Crippen LogP contribution in [-0.4, -0.2) is 33.3 Å². The molecule has 1 heterocycles. The van der Waals surface area contributed by atoms with E-state index in [2.05, 4.69) is 10.1 Å². The molecule has 1 unspecified atom stereocenters. The Morgan fingerprint density at radius 2 is 2.15 bits per heavy atom. The van der Waals surface area contributed by atoms with Crippen LogP contribution in [0.5, 0.6) is 0 Å². The maximum atomic E-state index is 12.6. The van der Waals surface area contributed by atoms with E-state index in [1.54, 1.807) is 4.68 Å². The fourth-order valence-corrected chi connectivity index (χ4v) is 3.05. The molecule has 0 saturated heterocycles. The summed E-state index contributed by atoms with van der Waals surface area (Å²) in [6, 6.07) is 0. The number of aryl methyl sites for hydroxylation is 1. The Morgan fingerprint density at radius 1 is 1.40 bits per heavy atom. The summed E-state index contributed by atoms with van der Waals surface area (Å²) >= 11 is 0. The van der Waals surface area contributed by atoms with Crippen molar-refractivity contribution >= 4 is 5.78 Å². The minimum absolute atomic E-state index is 0.154. The summed E-state index contributed by atoms with van der Waals surface area (Å²) in [4.78, 5) is 16.8. The average molecular weight is 279 g/mol. The third-order valence-electron chi connectivity index (χ3n) is 4.07. The van der Waals surface area contributed by atoms with Crippen molar-refractivity contribution < 1.29 is 9.53 Å². The number of ether oxygens (including phenoxy) is 1. The standard InChI is InChI=1S/C15H25N3O2/c1-3-18-14(16-11-17-18)10-13(19)15(20-4-2)12-8-6-5-7-9-12/h11-12,15H,3-10H2,1-2H3. The number of nitrogens with zero attached hydrogens (tertiary/aromatic N) is 3. The molecule has 1 aliphatic carbocycles. The van der Waals surface area contributed by atoms with E-state index >= 15 is 0 Å². The van der Waals surface area contributed by atoms with Crippen molar-refractivity contribution in [2.75, 3.05) is 6.61 Å². The van der Waals surface area contributed by atoms with Crippen molar-refractivity contribution in [3.8, 4) is 0 Å². The Bertz CT molecular complexity index is 425. The Morgan fingerprint density at radius 3 is 2.80 bits per heavy atom. The summed E-state index contributed by atoms with van der Waals surface area (Å²) < 4.78 is 7.54. The molecule has 1 fully saturated rings. The predicted molar refractivity (Wildman–Crippen MR) is 76.4 cm³/mol. The number of hydrogen-bond donors (Lipinski definition) is 0. The van der Waals surface area contributed by atoms with Gasteiger partial charge in [-0.3, -0.25) is 4.79 Å². The first-order valence-corrected chi connectivity index (χ1v) is 7.77. The predicted octanol–water partition coefficient (Wildman–Crippen LogP) is 2.40. The van der Waals surface area contributed by atoms with E-state index in [1.165, 1.54) is 25.6 Å². The molecular formula is C15H25N3O2. The van der Waals surface area contributed by atoms with Gasteiger partial charge in [-0.2, -0.15) is 5.10 Å². The van der Waals surface area contributed by atoms with Gasteiger partial charge in [0.05, 0.1) is 6.42 Å². The topological polar surface area (TPSA) is 57.0 Å². The number of hydrogen-bond acceptors (Lipinski definition) is 4. The molecular weight excluding hydrogens is 254 g/mol. The smallest absolute Gasteiger partial charge is 0.169 e. The number of carbonyl (C=O) groups is 1. The van der Waals surface area contributed by atoms with E-state index in [-0.39, 0.29) is 11.9 Å². The van der Waals surface area contributed by atoms with Crippen LogP contribution in [0.15, 0.2) is 6.33 Å². The molecule has 5 nitrogen and oxygen atoms in total. The highest BCUT2D eigenvalue weighted by molar-refractivity contribution is 5.85. The zero-order valence-electron chi connectivity index (χ0n) is 12.5. The lowest BCUT2D eigenvalue weighted by atomic mass is 9.83. The lowest BCUT2D eigenvalue weighted by molar-refractivity contribution is -0.134. The third kappa shape index (κ3) is 3.66. The van der Waals surface area contributed by atoms with Crippen LogP contribution in [0.1, 0.15) is 51.8 Å². The van der Waals surface area contributed by atoms with Crippen LogP contribution in [0.4, 0.5) is 0 Å². The fourth-order valence-electron chi connectivity index (χ4n) is 3.05. The van der Waals surface area contributed by atoms with Crippen molar-refractivity contribution in [3.05, 3.63) is 12.2 Å². The molecule has 0 aromatic carbocycles. The number of carbonyl (C=O) groups excluding carboxylic acids is 1. The zero-order chi connectivity index (χ0) is 14.4. The minimum Gasteiger partial charge on any atom is -0.370 e. The Balaban J connectivity index is 2.02. The largest absolute Gasteiger partial charge is 0.370 e. The molecule has 5 heteroatoms. The van der Waals surface area contributed by atoms with Crippen molar-refractivity contribution in [2.45, 2.75) is 65.0 Å².